The lowest BCUT2D eigenvalue weighted by Crippen LogP contribution is -3.04. The number of fused-ring (bicyclic) bond motifs is 12. The van der Waals surface area contributed by atoms with Gasteiger partial charge in [0, 0.05) is 50.6 Å². The third kappa shape index (κ3) is 9.56. The van der Waals surface area contributed by atoms with E-state index in [1.165, 1.54) is 7.05 Å². The number of rotatable bonds is 9. The molecule has 13 rings (SSSR count). The summed E-state index contributed by atoms with van der Waals surface area (Å²) < 4.78 is 566. The third-order valence-corrected chi connectivity index (χ3v) is 19.1. The molecule has 0 spiro atoms. The molecule has 9 aromatic rings. The zero-order valence-electron chi connectivity index (χ0n) is 49.5. The average molecular weight is 1510 g/mol. The summed E-state index contributed by atoms with van der Waals surface area (Å²) in [4.78, 5) is 0.0671. The molecule has 4 aliphatic carbocycles. The van der Waals surface area contributed by atoms with Crippen molar-refractivity contribution in [1.29, 1.82) is 0 Å². The Morgan fingerprint density at radius 2 is 0.505 bits per heavy atom. The van der Waals surface area contributed by atoms with Crippen LogP contribution < -0.4 is 4.90 Å². The van der Waals surface area contributed by atoms with Gasteiger partial charge >= 0.3 is 12.1 Å². The lowest BCUT2D eigenvalue weighted by atomic mass is 9.01. The number of benzene rings is 9. The van der Waals surface area contributed by atoms with Crippen LogP contribution in [-0.4, -0.2) is 25.9 Å². The maximum absolute atomic E-state index is 17.7. The number of hydrogen-bond acceptors (Lipinski definition) is 0. The molecule has 4 aliphatic rings. The topological polar surface area (TPSA) is 4.44 Å². The van der Waals surface area contributed by atoms with E-state index >= 15 is 123 Å². The predicted molar refractivity (Wildman–Crippen MR) is 282 cm³/mol. The highest BCUT2D eigenvalue weighted by Crippen LogP contribution is 2.74. The van der Waals surface area contributed by atoms with Crippen molar-refractivity contribution >= 4 is 11.8 Å². The fourth-order valence-corrected chi connectivity index (χ4v) is 15.3. The first-order valence-corrected chi connectivity index (χ1v) is 28.6. The Balaban J connectivity index is 0.000000391. The summed E-state index contributed by atoms with van der Waals surface area (Å²) in [5.74, 6) is -115. The fourth-order valence-electron chi connectivity index (χ4n) is 15.3. The molecule has 1 nitrogen and oxygen atoms in total. The second kappa shape index (κ2) is 24.3. The molecule has 542 valence electrons. The number of alkyl halides is 5. The van der Waals surface area contributed by atoms with Crippen molar-refractivity contribution in [1.82, 2.24) is 0 Å². The summed E-state index contributed by atoms with van der Waals surface area (Å²) in [6.45, 7) is 1.94. The highest BCUT2D eigenvalue weighted by atomic mass is 19.4. The van der Waals surface area contributed by atoms with Gasteiger partial charge in [0.15, 0.2) is 186 Å². The van der Waals surface area contributed by atoms with Crippen LogP contribution in [0.4, 0.5) is 164 Å². The van der Waals surface area contributed by atoms with Crippen molar-refractivity contribution in [2.24, 2.45) is 0 Å². The van der Waals surface area contributed by atoms with E-state index in [4.69, 9.17) is 0 Å². The summed E-state index contributed by atoms with van der Waals surface area (Å²) in [6, 6.07) is -2.19. The van der Waals surface area contributed by atoms with Gasteiger partial charge in [0.1, 0.15) is 5.56 Å². The standard InChI is InChI=1S/C52H8BF28.C13H13F8N/c54-9-1-5-13(33(62)29(9)58)17-21(41(70)49(78)45(74)37(17)66)25(5)53(26-6-2-10(55)30(59)34(63)14(6)18-22(26)42(71)50(79)46(75)38(18)67,27-7-3-11(56)31(60)35(64)15(7)19-23(27)43(72)51(80)47(76)39(19)68)28-8-4-12(57)32(61)36(65)16(8)20-24(28)44(73)52(81)48(77)40(20)69;1-3-4-5-22(2)8-6-7(14)10(15)9(11(8)16)12(17,18)13(19,20)21/h1-4,25-28H;6H,3-5H2,1-2H3/q-1;/p+1. The first-order valence-electron chi connectivity index (χ1n) is 28.6. The van der Waals surface area contributed by atoms with Gasteiger partial charge in [-0.05, 0) is 52.9 Å². The van der Waals surface area contributed by atoms with Crippen LogP contribution in [0.5, 0.6) is 0 Å². The molecule has 0 radical (unpaired) electrons. The summed E-state index contributed by atoms with van der Waals surface area (Å²) in [6.07, 6.45) is -11.7. The van der Waals surface area contributed by atoms with Crippen molar-refractivity contribution in [2.75, 3.05) is 13.6 Å². The first-order chi connectivity index (χ1) is 47.9. The highest BCUT2D eigenvalue weighted by Gasteiger charge is 2.67. The Morgan fingerprint density at radius 3 is 0.738 bits per heavy atom. The van der Waals surface area contributed by atoms with Crippen molar-refractivity contribution in [3.63, 3.8) is 0 Å². The van der Waals surface area contributed by atoms with Gasteiger partial charge in [-0.3, -0.25) is 0 Å². The third-order valence-electron chi connectivity index (χ3n) is 19.1. The van der Waals surface area contributed by atoms with Gasteiger partial charge in [0.2, 0.25) is 0 Å². The van der Waals surface area contributed by atoms with Crippen LogP contribution in [0.1, 0.15) is 93.1 Å². The monoisotopic (exact) mass is 1510 g/mol. The van der Waals surface area contributed by atoms with Gasteiger partial charge in [-0.25, -0.2) is 132 Å². The van der Waals surface area contributed by atoms with Crippen LogP contribution in [0.2, 0.25) is 0 Å². The Hall–Kier alpha value is -9.52. The minimum absolute atomic E-state index is 0.0671. The van der Waals surface area contributed by atoms with Gasteiger partial charge in [0.25, 0.3) is 0 Å². The Morgan fingerprint density at radius 1 is 0.282 bits per heavy atom. The van der Waals surface area contributed by atoms with Gasteiger partial charge in [-0.15, -0.1) is 23.3 Å². The minimum Gasteiger partial charge on any atom is -0.302 e. The molecule has 1 N–H and O–H groups in total. The summed E-state index contributed by atoms with van der Waals surface area (Å²) >= 11 is 0. The second-order valence-electron chi connectivity index (χ2n) is 23.9. The van der Waals surface area contributed by atoms with Gasteiger partial charge in [0.05, 0.1) is 19.7 Å². The van der Waals surface area contributed by atoms with E-state index in [2.05, 4.69) is 0 Å². The lowest BCUT2D eigenvalue weighted by Gasteiger charge is -2.60. The van der Waals surface area contributed by atoms with Crippen LogP contribution in [0.3, 0.4) is 0 Å². The molecule has 0 saturated carbocycles. The molecule has 0 bridgehead atoms. The first kappa shape index (κ1) is 73.2. The molecule has 0 heterocycles. The zero-order chi connectivity index (χ0) is 76.3. The number of unbranched alkanes of at least 4 members (excludes halogenated alkanes) is 1. The van der Waals surface area contributed by atoms with E-state index in [-0.39, 0.29) is 11.4 Å². The number of hydrogen-bond donors (Lipinski definition) is 1. The molecule has 0 saturated heterocycles. The molecule has 38 heteroatoms. The van der Waals surface area contributed by atoms with Gasteiger partial charge in [-0.1, -0.05) is 35.6 Å². The number of nitrogens with one attached hydrogen (secondary N) is 1. The van der Waals surface area contributed by atoms with Gasteiger partial charge in [-0.2, -0.15) is 26.3 Å². The average Bonchev–Trinajstić information content (AvgIpc) is 1.49. The van der Waals surface area contributed by atoms with Crippen molar-refractivity contribution in [3.05, 3.63) is 261 Å². The van der Waals surface area contributed by atoms with E-state index in [0.717, 1.165) is 0 Å². The molecule has 103 heavy (non-hydrogen) atoms. The molecule has 0 aromatic heterocycles. The van der Waals surface area contributed by atoms with E-state index < -0.39 is 346 Å². The lowest BCUT2D eigenvalue weighted by molar-refractivity contribution is -0.811. The zero-order valence-corrected chi connectivity index (χ0v) is 49.5. The van der Waals surface area contributed by atoms with Crippen LogP contribution in [0.15, 0.2) is 30.3 Å². The van der Waals surface area contributed by atoms with Crippen molar-refractivity contribution in [3.8, 4) is 44.5 Å². The molecule has 5 unspecified atom stereocenters. The Bertz CT molecular complexity index is 4760. The maximum Gasteiger partial charge on any atom is 0.458 e. The van der Waals surface area contributed by atoms with E-state index in [1.807, 2.05) is 0 Å². The number of halogens is 36. The SMILES string of the molecule is CCCC[NH+](C)c1cc(F)c(F)c(C(F)(F)C(F)(F)F)c1F.Fc1cc2c(c(F)c1F)-c1c(F)c(F)c(F)c(F)c1C2[B-](C1c2cc(F)c(F)c(F)c2-c2c(F)c(F)c(F)c(F)c21)(C1c2cc(F)c(F)c(F)c2-c2c(F)c(F)c(F)c(F)c21)C1c2cc(F)c(F)c(F)c2-c2c(F)c(F)c(F)c(F)c21. The van der Waals surface area contributed by atoms with Crippen LogP contribution in [-0.2, 0) is 5.92 Å². The Labute approximate surface area is 547 Å². The number of quaternary nitrogens is 1. The van der Waals surface area contributed by atoms with Crippen molar-refractivity contribution < 1.29 is 163 Å². The maximum atomic E-state index is 17.7. The van der Waals surface area contributed by atoms with E-state index in [1.54, 1.807) is 6.92 Å². The summed E-state index contributed by atoms with van der Waals surface area (Å²) in [5.41, 5.74) is -41.4. The highest BCUT2D eigenvalue weighted by molar-refractivity contribution is 6.88. The molecule has 5 atom stereocenters. The minimum atomic E-state index is -6.62. The molecule has 0 fully saturated rings. The van der Waals surface area contributed by atoms with E-state index in [0.29, 0.717) is 18.9 Å². The van der Waals surface area contributed by atoms with Crippen LogP contribution in [0, 0.1) is 180 Å². The predicted octanol–water partition coefficient (Wildman–Crippen LogP) is 20.4. The molecule has 9 aromatic carbocycles. The Kier molecular flexibility index (Phi) is 17.3. The molecular weight excluding hydrogens is 1490 g/mol. The van der Waals surface area contributed by atoms with Gasteiger partial charge < -0.3 is 4.90 Å². The molecule has 0 amide bonds. The van der Waals surface area contributed by atoms with E-state index in [9.17, 15) is 35.1 Å². The normalized spacial score (nSPS) is 17.0. The second-order valence-corrected chi connectivity index (χ2v) is 23.9. The quantitative estimate of drug-likeness (QED) is 0.0636. The largest absolute Gasteiger partial charge is 0.458 e. The molecular formula is C65H22BF36N. The van der Waals surface area contributed by atoms with Crippen molar-refractivity contribution in [2.45, 2.75) is 55.1 Å². The fraction of sp³-hybridized carbons (Fsp3) is 0.169. The van der Waals surface area contributed by atoms with Crippen LogP contribution >= 0.6 is 0 Å². The summed E-state index contributed by atoms with van der Waals surface area (Å²) in [5, 5.41) is 0. The molecule has 0 aliphatic heterocycles. The summed E-state index contributed by atoms with van der Waals surface area (Å²) in [7, 11) is 1.26. The van der Waals surface area contributed by atoms with Crippen LogP contribution in [0.25, 0.3) is 44.5 Å². The smallest absolute Gasteiger partial charge is 0.302 e.